The Morgan fingerprint density at radius 1 is 1.18 bits per heavy atom. The van der Waals surface area contributed by atoms with Gasteiger partial charge in [0.15, 0.2) is 0 Å². The third kappa shape index (κ3) is 6.78. The van der Waals surface area contributed by atoms with Gasteiger partial charge in [0, 0.05) is 26.7 Å². The third-order valence-electron chi connectivity index (χ3n) is 2.41. The maximum Gasteiger partial charge on any atom is 0.319 e. The summed E-state index contributed by atoms with van der Waals surface area (Å²) in [4.78, 5) is 25.2. The zero-order valence-electron chi connectivity index (χ0n) is 10.6. The van der Waals surface area contributed by atoms with Gasteiger partial charge in [-0.1, -0.05) is 13.3 Å². The van der Waals surface area contributed by atoms with E-state index in [1.165, 1.54) is 4.90 Å². The van der Waals surface area contributed by atoms with Crippen LogP contribution >= 0.6 is 0 Å². The number of carbonyl (C=O) groups excluding carboxylic acids is 1. The van der Waals surface area contributed by atoms with Gasteiger partial charge in [0.25, 0.3) is 0 Å². The zero-order chi connectivity index (χ0) is 13.3. The van der Waals surface area contributed by atoms with Crippen molar-refractivity contribution < 1.29 is 19.8 Å². The summed E-state index contributed by atoms with van der Waals surface area (Å²) in [6, 6.07) is -0.228. The molecule has 0 aromatic rings. The van der Waals surface area contributed by atoms with Crippen molar-refractivity contribution in [2.24, 2.45) is 0 Å². The van der Waals surface area contributed by atoms with Gasteiger partial charge < -0.3 is 20.0 Å². The van der Waals surface area contributed by atoms with E-state index in [2.05, 4.69) is 0 Å². The molecule has 100 valence electrons. The number of aliphatic hydroxyl groups excluding tert-OH is 1. The predicted molar refractivity (Wildman–Crippen MR) is 63.8 cm³/mol. The molecule has 0 unspecified atom stereocenters. The second-order valence-corrected chi connectivity index (χ2v) is 3.91. The Hall–Kier alpha value is -1.30. The van der Waals surface area contributed by atoms with Crippen LogP contribution in [-0.2, 0) is 4.79 Å². The van der Waals surface area contributed by atoms with Crippen molar-refractivity contribution in [1.82, 2.24) is 9.80 Å². The molecule has 0 aromatic heterocycles. The number of carbonyl (C=O) groups is 2. The van der Waals surface area contributed by atoms with E-state index < -0.39 is 5.97 Å². The van der Waals surface area contributed by atoms with Crippen LogP contribution in [0.5, 0.6) is 0 Å². The number of hydrogen-bond donors (Lipinski definition) is 2. The number of urea groups is 1. The van der Waals surface area contributed by atoms with E-state index in [9.17, 15) is 9.59 Å². The number of hydrogen-bond acceptors (Lipinski definition) is 3. The van der Waals surface area contributed by atoms with E-state index >= 15 is 0 Å². The van der Waals surface area contributed by atoms with Crippen molar-refractivity contribution in [3.8, 4) is 0 Å². The molecular weight excluding hydrogens is 224 g/mol. The summed E-state index contributed by atoms with van der Waals surface area (Å²) in [6.45, 7) is 3.00. The SMILES string of the molecule is CCCCN(CCO)C(=O)N(C)CCC(=O)O. The average molecular weight is 246 g/mol. The quantitative estimate of drug-likeness (QED) is 0.657. The fraction of sp³-hybridized carbons (Fsp3) is 0.818. The minimum absolute atomic E-state index is 0.0665. The molecule has 2 amide bonds. The van der Waals surface area contributed by atoms with Gasteiger partial charge in [-0.2, -0.15) is 0 Å². The van der Waals surface area contributed by atoms with Crippen LogP contribution < -0.4 is 0 Å². The van der Waals surface area contributed by atoms with Gasteiger partial charge in [-0.15, -0.1) is 0 Å². The molecule has 6 heteroatoms. The van der Waals surface area contributed by atoms with Crippen LogP contribution in [0, 0.1) is 0 Å². The second kappa shape index (κ2) is 8.81. The van der Waals surface area contributed by atoms with Gasteiger partial charge in [-0.3, -0.25) is 4.79 Å². The molecule has 0 fully saturated rings. The lowest BCUT2D eigenvalue weighted by molar-refractivity contribution is -0.137. The fourth-order valence-electron chi connectivity index (χ4n) is 1.37. The highest BCUT2D eigenvalue weighted by atomic mass is 16.4. The first-order chi connectivity index (χ1) is 8.02. The van der Waals surface area contributed by atoms with Crippen LogP contribution in [-0.4, -0.2) is 65.3 Å². The normalized spacial score (nSPS) is 10.1. The lowest BCUT2D eigenvalue weighted by Crippen LogP contribution is -2.43. The number of aliphatic hydroxyl groups is 1. The highest BCUT2D eigenvalue weighted by molar-refractivity contribution is 5.75. The van der Waals surface area contributed by atoms with E-state index in [-0.39, 0.29) is 32.1 Å². The van der Waals surface area contributed by atoms with E-state index in [1.807, 2.05) is 6.92 Å². The van der Waals surface area contributed by atoms with Crippen LogP contribution in [0.2, 0.25) is 0 Å². The molecule has 0 saturated heterocycles. The van der Waals surface area contributed by atoms with Crippen molar-refractivity contribution in [3.63, 3.8) is 0 Å². The summed E-state index contributed by atoms with van der Waals surface area (Å²) in [7, 11) is 1.57. The Morgan fingerprint density at radius 2 is 1.82 bits per heavy atom. The smallest absolute Gasteiger partial charge is 0.319 e. The van der Waals surface area contributed by atoms with Crippen LogP contribution in [0.15, 0.2) is 0 Å². The van der Waals surface area contributed by atoms with Gasteiger partial charge in [0.2, 0.25) is 0 Å². The fourth-order valence-corrected chi connectivity index (χ4v) is 1.37. The van der Waals surface area contributed by atoms with Gasteiger partial charge in [-0.05, 0) is 6.42 Å². The summed E-state index contributed by atoms with van der Waals surface area (Å²) in [5, 5.41) is 17.4. The van der Waals surface area contributed by atoms with Gasteiger partial charge in [0.1, 0.15) is 0 Å². The molecule has 0 aliphatic heterocycles. The number of amides is 2. The minimum Gasteiger partial charge on any atom is -0.481 e. The summed E-state index contributed by atoms with van der Waals surface area (Å²) < 4.78 is 0. The molecule has 0 heterocycles. The zero-order valence-corrected chi connectivity index (χ0v) is 10.6. The number of carboxylic acid groups (broad SMARTS) is 1. The molecule has 6 nitrogen and oxygen atoms in total. The number of aliphatic carboxylic acids is 1. The van der Waals surface area contributed by atoms with Crippen molar-refractivity contribution in [2.75, 3.05) is 33.3 Å². The highest BCUT2D eigenvalue weighted by Gasteiger charge is 2.17. The Morgan fingerprint density at radius 3 is 2.29 bits per heavy atom. The Kier molecular flexibility index (Phi) is 8.13. The summed E-state index contributed by atoms with van der Waals surface area (Å²) in [5.74, 6) is -0.924. The Bertz CT molecular complexity index is 246. The topological polar surface area (TPSA) is 81.1 Å². The average Bonchev–Trinajstić information content (AvgIpc) is 2.30. The maximum absolute atomic E-state index is 11.9. The number of rotatable bonds is 8. The van der Waals surface area contributed by atoms with Crippen molar-refractivity contribution in [3.05, 3.63) is 0 Å². The number of unbranched alkanes of at least 4 members (excludes halogenated alkanes) is 1. The standard InChI is InChI=1S/C11H22N2O4/c1-3-4-6-13(8-9-14)11(17)12(2)7-5-10(15)16/h14H,3-9H2,1-2H3,(H,15,16). The van der Waals surface area contributed by atoms with E-state index in [0.717, 1.165) is 12.8 Å². The maximum atomic E-state index is 11.9. The highest BCUT2D eigenvalue weighted by Crippen LogP contribution is 2.01. The molecule has 2 N–H and O–H groups in total. The first-order valence-corrected chi connectivity index (χ1v) is 5.85. The molecule has 0 bridgehead atoms. The molecule has 0 rings (SSSR count). The lowest BCUT2D eigenvalue weighted by atomic mass is 10.3. The van der Waals surface area contributed by atoms with Gasteiger partial charge in [-0.25, -0.2) is 4.79 Å². The Balaban J connectivity index is 4.22. The molecule has 0 atom stereocenters. The minimum atomic E-state index is -0.924. The Labute approximate surface area is 102 Å². The van der Waals surface area contributed by atoms with E-state index in [1.54, 1.807) is 11.9 Å². The van der Waals surface area contributed by atoms with Gasteiger partial charge in [0.05, 0.1) is 13.0 Å². The molecule has 17 heavy (non-hydrogen) atoms. The molecule has 0 spiro atoms. The number of nitrogens with zero attached hydrogens (tertiary/aromatic N) is 2. The largest absolute Gasteiger partial charge is 0.481 e. The lowest BCUT2D eigenvalue weighted by Gasteiger charge is -2.27. The van der Waals surface area contributed by atoms with Crippen molar-refractivity contribution in [2.45, 2.75) is 26.2 Å². The molecule has 0 aliphatic carbocycles. The van der Waals surface area contributed by atoms with Crippen LogP contribution in [0.25, 0.3) is 0 Å². The number of carboxylic acids is 1. The first-order valence-electron chi connectivity index (χ1n) is 5.85. The van der Waals surface area contributed by atoms with Gasteiger partial charge >= 0.3 is 12.0 Å². The van der Waals surface area contributed by atoms with Crippen LogP contribution in [0.4, 0.5) is 4.79 Å². The predicted octanol–water partition coefficient (Wildman–Crippen LogP) is 0.607. The molecular formula is C11H22N2O4. The van der Waals surface area contributed by atoms with Crippen molar-refractivity contribution in [1.29, 1.82) is 0 Å². The molecule has 0 aliphatic rings. The summed E-state index contributed by atoms with van der Waals surface area (Å²) in [6.07, 6.45) is 1.77. The monoisotopic (exact) mass is 246 g/mol. The summed E-state index contributed by atoms with van der Waals surface area (Å²) in [5.41, 5.74) is 0. The summed E-state index contributed by atoms with van der Waals surface area (Å²) >= 11 is 0. The van der Waals surface area contributed by atoms with E-state index in [4.69, 9.17) is 10.2 Å². The van der Waals surface area contributed by atoms with E-state index in [0.29, 0.717) is 6.54 Å². The molecule has 0 saturated carbocycles. The second-order valence-electron chi connectivity index (χ2n) is 3.91. The molecule has 0 aromatic carbocycles. The van der Waals surface area contributed by atoms with Crippen LogP contribution in [0.3, 0.4) is 0 Å². The molecule has 0 radical (unpaired) electrons. The van der Waals surface area contributed by atoms with Crippen molar-refractivity contribution >= 4 is 12.0 Å². The first kappa shape index (κ1) is 15.7. The third-order valence-corrected chi connectivity index (χ3v) is 2.41. The van der Waals surface area contributed by atoms with Crippen LogP contribution in [0.1, 0.15) is 26.2 Å².